The number of esters is 3. The zero-order valence-corrected chi connectivity index (χ0v) is 28.8. The molecule has 1 aliphatic rings. The normalized spacial score (nSPS) is 14.1. The maximum atomic E-state index is 14.3. The number of nitrogens with one attached hydrogen (secondary N) is 1. The Bertz CT molecular complexity index is 1470. The molecule has 1 amide bonds. The lowest BCUT2D eigenvalue weighted by atomic mass is 9.83. The van der Waals surface area contributed by atoms with Crippen LogP contribution >= 0.6 is 0 Å². The van der Waals surface area contributed by atoms with Gasteiger partial charge in [-0.2, -0.15) is 0 Å². The minimum absolute atomic E-state index is 0.0716. The first kappa shape index (κ1) is 36.4. The smallest absolute Gasteiger partial charge is 0.329 e. The van der Waals surface area contributed by atoms with Crippen LogP contribution in [0.2, 0.25) is 0 Å². The molecule has 8 nitrogen and oxygen atoms in total. The standard InChI is InChI=1S/C40H49NO7/c1-27(2)23-33(35(38(44)46-25-28-15-8-6-9-16-28)39(45)47-26-29-17-10-7-11-18-29)36(42)41-34(37(43)48-40(3,4)5)24-31-21-14-20-30-19-12-13-22-32(30)31/h6-11,14-18,20-21,27,33-35H,12-13,19,22-26H2,1-5H3,(H,41,42)/t33?,34-/m0/s1. The van der Waals surface area contributed by atoms with Gasteiger partial charge >= 0.3 is 17.9 Å². The third kappa shape index (κ3) is 10.8. The van der Waals surface area contributed by atoms with E-state index in [4.69, 9.17) is 14.2 Å². The molecule has 3 aromatic carbocycles. The number of ether oxygens (including phenoxy) is 3. The molecule has 1 aliphatic carbocycles. The minimum atomic E-state index is -1.55. The van der Waals surface area contributed by atoms with E-state index in [1.54, 1.807) is 20.8 Å². The molecule has 8 heteroatoms. The van der Waals surface area contributed by atoms with Crippen molar-refractivity contribution in [1.29, 1.82) is 0 Å². The van der Waals surface area contributed by atoms with Crippen molar-refractivity contribution < 1.29 is 33.4 Å². The third-order valence-electron chi connectivity index (χ3n) is 8.34. The Hall–Kier alpha value is -4.46. The zero-order valence-electron chi connectivity index (χ0n) is 28.8. The van der Waals surface area contributed by atoms with Crippen LogP contribution in [-0.2, 0) is 65.9 Å². The average Bonchev–Trinajstić information content (AvgIpc) is 3.06. The molecule has 1 N–H and O–H groups in total. The lowest BCUT2D eigenvalue weighted by Gasteiger charge is -2.29. The Morgan fingerprint density at radius 3 is 1.83 bits per heavy atom. The van der Waals surface area contributed by atoms with Gasteiger partial charge in [0.25, 0.3) is 0 Å². The number of carbonyl (C=O) groups is 4. The van der Waals surface area contributed by atoms with Crippen LogP contribution in [0, 0.1) is 17.8 Å². The summed E-state index contributed by atoms with van der Waals surface area (Å²) in [6.07, 6.45) is 4.45. The second-order valence-corrected chi connectivity index (χ2v) is 14.0. The summed E-state index contributed by atoms with van der Waals surface area (Å²) < 4.78 is 17.1. The molecule has 48 heavy (non-hydrogen) atoms. The van der Waals surface area contributed by atoms with Crippen molar-refractivity contribution >= 4 is 23.8 Å². The summed E-state index contributed by atoms with van der Waals surface area (Å²) in [5, 5.41) is 2.91. The van der Waals surface area contributed by atoms with Crippen LogP contribution in [0.5, 0.6) is 0 Å². The fourth-order valence-electron chi connectivity index (χ4n) is 6.08. The van der Waals surface area contributed by atoms with Gasteiger partial charge in [-0.25, -0.2) is 4.79 Å². The van der Waals surface area contributed by atoms with Crippen LogP contribution < -0.4 is 5.32 Å². The highest BCUT2D eigenvalue weighted by Gasteiger charge is 2.43. The van der Waals surface area contributed by atoms with E-state index >= 15 is 0 Å². The molecule has 0 spiro atoms. The highest BCUT2D eigenvalue weighted by Crippen LogP contribution is 2.28. The molecular formula is C40H49NO7. The highest BCUT2D eigenvalue weighted by atomic mass is 16.6. The van der Waals surface area contributed by atoms with Gasteiger partial charge in [-0.15, -0.1) is 0 Å². The summed E-state index contributed by atoms with van der Waals surface area (Å²) in [6, 6.07) is 23.3. The van der Waals surface area contributed by atoms with Gasteiger partial charge in [-0.3, -0.25) is 14.4 Å². The van der Waals surface area contributed by atoms with Crippen molar-refractivity contribution in [2.24, 2.45) is 17.8 Å². The summed E-state index contributed by atoms with van der Waals surface area (Å²) in [7, 11) is 0. The molecule has 256 valence electrons. The number of rotatable bonds is 14. The van der Waals surface area contributed by atoms with Crippen molar-refractivity contribution in [3.63, 3.8) is 0 Å². The van der Waals surface area contributed by atoms with E-state index in [-0.39, 0.29) is 32.0 Å². The second kappa shape index (κ2) is 17.1. The van der Waals surface area contributed by atoms with Crippen LogP contribution in [0.15, 0.2) is 78.9 Å². The number of amides is 1. The average molecular weight is 656 g/mol. The number of hydrogen-bond donors (Lipinski definition) is 1. The fourth-order valence-corrected chi connectivity index (χ4v) is 6.08. The van der Waals surface area contributed by atoms with Gasteiger partial charge in [0.05, 0.1) is 5.92 Å². The Labute approximate surface area is 284 Å². The minimum Gasteiger partial charge on any atom is -0.460 e. The van der Waals surface area contributed by atoms with Crippen LogP contribution in [0.1, 0.15) is 81.7 Å². The molecule has 0 saturated heterocycles. The molecule has 0 bridgehead atoms. The molecule has 0 saturated carbocycles. The first-order valence-electron chi connectivity index (χ1n) is 16.9. The van der Waals surface area contributed by atoms with Gasteiger partial charge in [0.15, 0.2) is 5.92 Å². The van der Waals surface area contributed by atoms with Gasteiger partial charge in [0.2, 0.25) is 5.91 Å². The van der Waals surface area contributed by atoms with E-state index in [1.807, 2.05) is 86.6 Å². The van der Waals surface area contributed by atoms with Gasteiger partial charge < -0.3 is 19.5 Å². The number of aryl methyl sites for hydroxylation is 1. The molecule has 0 aromatic heterocycles. The maximum Gasteiger partial charge on any atom is 0.329 e. The van der Waals surface area contributed by atoms with Crippen LogP contribution in [0.3, 0.4) is 0 Å². The number of benzene rings is 3. The molecule has 2 atom stereocenters. The molecule has 0 heterocycles. The molecule has 0 radical (unpaired) electrons. The van der Waals surface area contributed by atoms with E-state index < -0.39 is 47.3 Å². The van der Waals surface area contributed by atoms with Crippen molar-refractivity contribution in [3.05, 3.63) is 107 Å². The zero-order chi connectivity index (χ0) is 34.7. The lowest BCUT2D eigenvalue weighted by Crippen LogP contribution is -2.51. The Balaban J connectivity index is 1.64. The van der Waals surface area contributed by atoms with Gasteiger partial charge in [-0.05, 0) is 86.6 Å². The quantitative estimate of drug-likeness (QED) is 0.117. The summed E-state index contributed by atoms with van der Waals surface area (Å²) >= 11 is 0. The topological polar surface area (TPSA) is 108 Å². The molecule has 3 aromatic rings. The second-order valence-electron chi connectivity index (χ2n) is 14.0. The van der Waals surface area contributed by atoms with E-state index in [0.717, 1.165) is 42.4 Å². The van der Waals surface area contributed by atoms with E-state index in [1.165, 1.54) is 11.1 Å². The van der Waals surface area contributed by atoms with E-state index in [9.17, 15) is 19.2 Å². The van der Waals surface area contributed by atoms with Crippen molar-refractivity contribution in [2.45, 2.75) is 98.0 Å². The molecule has 4 rings (SSSR count). The largest absolute Gasteiger partial charge is 0.460 e. The van der Waals surface area contributed by atoms with Crippen molar-refractivity contribution in [3.8, 4) is 0 Å². The number of carbonyl (C=O) groups excluding carboxylic acids is 4. The van der Waals surface area contributed by atoms with Gasteiger partial charge in [0, 0.05) is 6.42 Å². The third-order valence-corrected chi connectivity index (χ3v) is 8.34. The molecule has 0 fully saturated rings. The van der Waals surface area contributed by atoms with Crippen molar-refractivity contribution in [1.82, 2.24) is 5.32 Å². The predicted octanol–water partition coefficient (Wildman–Crippen LogP) is 6.70. The van der Waals surface area contributed by atoms with Gasteiger partial charge in [0.1, 0.15) is 24.9 Å². The van der Waals surface area contributed by atoms with E-state index in [2.05, 4.69) is 11.4 Å². The predicted molar refractivity (Wildman–Crippen MR) is 183 cm³/mol. The lowest BCUT2D eigenvalue weighted by molar-refractivity contribution is -0.169. The van der Waals surface area contributed by atoms with Crippen LogP contribution in [0.4, 0.5) is 0 Å². The SMILES string of the molecule is CC(C)CC(C(=O)N[C@@H](Cc1cccc2c1CCCC2)C(=O)OC(C)(C)C)C(C(=O)OCc1ccccc1)C(=O)OCc1ccccc1. The summed E-state index contributed by atoms with van der Waals surface area (Å²) in [6.45, 7) is 8.99. The van der Waals surface area contributed by atoms with E-state index in [0.29, 0.717) is 0 Å². The number of hydrogen-bond acceptors (Lipinski definition) is 7. The first-order valence-corrected chi connectivity index (χ1v) is 16.9. The first-order chi connectivity index (χ1) is 22.9. The summed E-state index contributed by atoms with van der Waals surface area (Å²) in [4.78, 5) is 55.5. The van der Waals surface area contributed by atoms with Crippen LogP contribution in [0.25, 0.3) is 0 Å². The summed E-state index contributed by atoms with van der Waals surface area (Å²) in [5.41, 5.74) is 4.13. The Kier molecular flexibility index (Phi) is 13.0. The Morgan fingerprint density at radius 1 is 0.729 bits per heavy atom. The van der Waals surface area contributed by atoms with Crippen molar-refractivity contribution in [2.75, 3.05) is 0 Å². The van der Waals surface area contributed by atoms with Crippen LogP contribution in [-0.4, -0.2) is 35.5 Å². The summed E-state index contributed by atoms with van der Waals surface area (Å²) in [5.74, 6) is -5.69. The monoisotopic (exact) mass is 655 g/mol. The molecule has 1 unspecified atom stereocenters. The maximum absolute atomic E-state index is 14.3. The molecule has 0 aliphatic heterocycles. The fraction of sp³-hybridized carbons (Fsp3) is 0.450. The number of fused-ring (bicyclic) bond motifs is 1. The Morgan fingerprint density at radius 2 is 1.29 bits per heavy atom. The van der Waals surface area contributed by atoms with Gasteiger partial charge in [-0.1, -0.05) is 92.7 Å². The molecular weight excluding hydrogens is 606 g/mol. The highest BCUT2D eigenvalue weighted by molar-refractivity contribution is 6.00.